The van der Waals surface area contributed by atoms with Crippen LogP contribution in [0.15, 0.2) is 6.07 Å². The molecule has 7 nitrogen and oxygen atoms in total. The van der Waals surface area contributed by atoms with Crippen LogP contribution in [0.3, 0.4) is 0 Å². The molecule has 0 atom stereocenters. The van der Waals surface area contributed by atoms with Gasteiger partial charge in [-0.15, -0.1) is 10.2 Å². The maximum absolute atomic E-state index is 9.08. The molecule has 1 saturated heterocycles. The van der Waals surface area contributed by atoms with Crippen LogP contribution in [0.4, 0.5) is 0 Å². The summed E-state index contributed by atoms with van der Waals surface area (Å²) >= 11 is 0. The van der Waals surface area contributed by atoms with Crippen LogP contribution in [-0.4, -0.2) is 56.7 Å². The van der Waals surface area contributed by atoms with Crippen molar-refractivity contribution >= 4 is 0 Å². The third-order valence-corrected chi connectivity index (χ3v) is 4.99. The van der Waals surface area contributed by atoms with Gasteiger partial charge >= 0.3 is 0 Å². The lowest BCUT2D eigenvalue weighted by molar-refractivity contribution is 0.198. The number of hydrogen-bond acceptors (Lipinski definition) is 5. The molecular formula is C18H27N7. The standard InChI is InChI=1S/C18H27N7/c1-13-15(10-19)9-16(20-13)11-25-7-5-14(6-8-25)18-22-21-17(24(18)4)12-23(2)3/h9,14,20H,5-8,11-12H2,1-4H3. The van der Waals surface area contributed by atoms with E-state index in [0.29, 0.717) is 5.92 Å². The monoisotopic (exact) mass is 341 g/mol. The Bertz CT molecular complexity index is 757. The molecule has 3 rings (SSSR count). The molecule has 2 aromatic heterocycles. The van der Waals surface area contributed by atoms with E-state index in [1.54, 1.807) is 0 Å². The lowest BCUT2D eigenvalue weighted by Gasteiger charge is -2.31. The average molecular weight is 341 g/mol. The van der Waals surface area contributed by atoms with Crippen molar-refractivity contribution in [3.05, 3.63) is 34.7 Å². The van der Waals surface area contributed by atoms with E-state index in [1.807, 2.05) is 27.1 Å². The third-order valence-electron chi connectivity index (χ3n) is 4.99. The molecule has 1 aliphatic rings. The van der Waals surface area contributed by atoms with Crippen LogP contribution in [0.2, 0.25) is 0 Å². The molecule has 25 heavy (non-hydrogen) atoms. The highest BCUT2D eigenvalue weighted by Crippen LogP contribution is 2.27. The number of nitriles is 1. The van der Waals surface area contributed by atoms with E-state index in [0.717, 1.165) is 67.6 Å². The maximum Gasteiger partial charge on any atom is 0.146 e. The Balaban J connectivity index is 1.58. The summed E-state index contributed by atoms with van der Waals surface area (Å²) in [4.78, 5) is 7.88. The second-order valence-corrected chi connectivity index (χ2v) is 7.27. The fraction of sp³-hybridized carbons (Fsp3) is 0.611. The number of hydrogen-bond donors (Lipinski definition) is 1. The predicted molar refractivity (Wildman–Crippen MR) is 95.9 cm³/mol. The van der Waals surface area contributed by atoms with Gasteiger partial charge in [0.05, 0.1) is 12.1 Å². The van der Waals surface area contributed by atoms with Crippen LogP contribution < -0.4 is 0 Å². The number of nitrogens with one attached hydrogen (secondary N) is 1. The first kappa shape index (κ1) is 17.6. The summed E-state index contributed by atoms with van der Waals surface area (Å²) in [6.07, 6.45) is 2.19. The second kappa shape index (κ2) is 7.38. The third kappa shape index (κ3) is 3.91. The van der Waals surface area contributed by atoms with Crippen LogP contribution in [0.5, 0.6) is 0 Å². The summed E-state index contributed by atoms with van der Waals surface area (Å²) in [6.45, 7) is 5.73. The number of H-pyrrole nitrogens is 1. The molecule has 0 bridgehead atoms. The van der Waals surface area contributed by atoms with Gasteiger partial charge in [-0.05, 0) is 53.0 Å². The minimum Gasteiger partial charge on any atom is -0.360 e. The molecule has 7 heteroatoms. The molecule has 3 heterocycles. The summed E-state index contributed by atoms with van der Waals surface area (Å²) in [5.41, 5.74) is 2.83. The number of aryl methyl sites for hydroxylation is 1. The van der Waals surface area contributed by atoms with Gasteiger partial charge in [-0.3, -0.25) is 4.90 Å². The van der Waals surface area contributed by atoms with Crippen LogP contribution in [0.1, 0.15) is 47.4 Å². The Labute approximate surface area is 149 Å². The Morgan fingerprint density at radius 3 is 2.64 bits per heavy atom. The fourth-order valence-corrected chi connectivity index (χ4v) is 3.57. The molecule has 1 fully saturated rings. The van der Waals surface area contributed by atoms with Gasteiger partial charge in [0.15, 0.2) is 0 Å². The number of rotatable bonds is 5. The Kier molecular flexibility index (Phi) is 5.21. The highest BCUT2D eigenvalue weighted by atomic mass is 15.3. The highest BCUT2D eigenvalue weighted by molar-refractivity contribution is 5.35. The van der Waals surface area contributed by atoms with Crippen LogP contribution in [0, 0.1) is 18.3 Å². The Morgan fingerprint density at radius 1 is 1.32 bits per heavy atom. The van der Waals surface area contributed by atoms with Gasteiger partial charge < -0.3 is 14.5 Å². The molecule has 0 aromatic carbocycles. The highest BCUT2D eigenvalue weighted by Gasteiger charge is 2.25. The molecule has 0 radical (unpaired) electrons. The van der Waals surface area contributed by atoms with Gasteiger partial charge in [-0.1, -0.05) is 0 Å². The van der Waals surface area contributed by atoms with E-state index >= 15 is 0 Å². The molecule has 1 aliphatic heterocycles. The van der Waals surface area contributed by atoms with E-state index in [2.05, 4.69) is 42.7 Å². The smallest absolute Gasteiger partial charge is 0.146 e. The van der Waals surface area contributed by atoms with Gasteiger partial charge in [-0.2, -0.15) is 5.26 Å². The normalized spacial score (nSPS) is 16.5. The second-order valence-electron chi connectivity index (χ2n) is 7.27. The van der Waals surface area contributed by atoms with Gasteiger partial charge in [0.1, 0.15) is 17.7 Å². The molecule has 1 N–H and O–H groups in total. The largest absolute Gasteiger partial charge is 0.360 e. The number of likely N-dealkylation sites (tertiary alicyclic amines) is 1. The van der Waals surface area contributed by atoms with E-state index in [1.165, 1.54) is 0 Å². The summed E-state index contributed by atoms with van der Waals surface area (Å²) in [7, 11) is 6.17. The van der Waals surface area contributed by atoms with Crippen molar-refractivity contribution in [3.63, 3.8) is 0 Å². The van der Waals surface area contributed by atoms with Crippen molar-refractivity contribution in [1.82, 2.24) is 29.5 Å². The van der Waals surface area contributed by atoms with E-state index in [9.17, 15) is 0 Å². The quantitative estimate of drug-likeness (QED) is 0.897. The maximum atomic E-state index is 9.08. The SMILES string of the molecule is Cc1[nH]c(CN2CCC(c3nnc(CN(C)C)n3C)CC2)cc1C#N. The zero-order valence-electron chi connectivity index (χ0n) is 15.6. The van der Waals surface area contributed by atoms with Gasteiger partial charge in [0, 0.05) is 30.9 Å². The van der Waals surface area contributed by atoms with Crippen LogP contribution >= 0.6 is 0 Å². The zero-order chi connectivity index (χ0) is 18.0. The van der Waals surface area contributed by atoms with Crippen LogP contribution in [0.25, 0.3) is 0 Å². The topological polar surface area (TPSA) is 76.8 Å². The van der Waals surface area contributed by atoms with Gasteiger partial charge in [0.2, 0.25) is 0 Å². The molecule has 0 unspecified atom stereocenters. The van der Waals surface area contributed by atoms with Crippen molar-refractivity contribution in [1.29, 1.82) is 5.26 Å². The molecule has 134 valence electrons. The molecule has 0 aliphatic carbocycles. The Hall–Kier alpha value is -2.17. The van der Waals surface area contributed by atoms with Crippen molar-refractivity contribution < 1.29 is 0 Å². The molecule has 0 saturated carbocycles. The first-order chi connectivity index (χ1) is 12.0. The molecular weight excluding hydrogens is 314 g/mol. The van der Waals surface area contributed by atoms with E-state index in [4.69, 9.17) is 5.26 Å². The van der Waals surface area contributed by atoms with Crippen molar-refractivity contribution in [2.75, 3.05) is 27.2 Å². The minimum absolute atomic E-state index is 0.477. The van der Waals surface area contributed by atoms with Crippen LogP contribution in [-0.2, 0) is 20.1 Å². The summed E-state index contributed by atoms with van der Waals surface area (Å²) in [5, 5.41) is 17.9. The first-order valence-corrected chi connectivity index (χ1v) is 8.81. The molecule has 0 spiro atoms. The summed E-state index contributed by atoms with van der Waals surface area (Å²) in [5.74, 6) is 2.61. The van der Waals surface area contributed by atoms with Gasteiger partial charge in [0.25, 0.3) is 0 Å². The lowest BCUT2D eigenvalue weighted by atomic mass is 9.96. The lowest BCUT2D eigenvalue weighted by Crippen LogP contribution is -2.33. The molecule has 0 amide bonds. The molecule has 2 aromatic rings. The van der Waals surface area contributed by atoms with Crippen molar-refractivity contribution in [2.24, 2.45) is 7.05 Å². The summed E-state index contributed by atoms with van der Waals surface area (Å²) < 4.78 is 2.16. The minimum atomic E-state index is 0.477. The first-order valence-electron chi connectivity index (χ1n) is 8.81. The van der Waals surface area contributed by atoms with Crippen molar-refractivity contribution in [3.8, 4) is 6.07 Å². The average Bonchev–Trinajstić information content (AvgIpc) is 3.11. The summed E-state index contributed by atoms with van der Waals surface area (Å²) in [6, 6.07) is 4.20. The number of aromatic nitrogens is 4. The predicted octanol–water partition coefficient (Wildman–Crippen LogP) is 1.76. The number of aromatic amines is 1. The van der Waals surface area contributed by atoms with E-state index < -0.39 is 0 Å². The van der Waals surface area contributed by atoms with E-state index in [-0.39, 0.29) is 0 Å². The fourth-order valence-electron chi connectivity index (χ4n) is 3.57. The van der Waals surface area contributed by atoms with Crippen molar-refractivity contribution in [2.45, 2.75) is 38.8 Å². The van der Waals surface area contributed by atoms with Gasteiger partial charge in [-0.25, -0.2) is 0 Å². The Morgan fingerprint density at radius 2 is 2.04 bits per heavy atom. The number of nitrogens with zero attached hydrogens (tertiary/aromatic N) is 6. The zero-order valence-corrected chi connectivity index (χ0v) is 15.6. The number of piperidine rings is 1.